The molecule has 0 amide bonds. The monoisotopic (exact) mass is 557 g/mol. The molecule has 0 aliphatic carbocycles. The Balaban J connectivity index is 0. The molecule has 2 N–H and O–H groups in total. The molecule has 0 aliphatic heterocycles. The van der Waals surface area contributed by atoms with Crippen LogP contribution >= 0.6 is 12.0 Å². The van der Waals surface area contributed by atoms with Crippen LogP contribution in [0.5, 0.6) is 0 Å². The summed E-state index contributed by atoms with van der Waals surface area (Å²) < 4.78 is 196. The van der Waals surface area contributed by atoms with E-state index >= 15 is 0 Å². The number of hydrogen-bond donors (Lipinski definition) is 1. The molecule has 34 heavy (non-hydrogen) atoms. The van der Waals surface area contributed by atoms with Gasteiger partial charge in [-0.1, -0.05) is 13.8 Å². The minimum Gasteiger partial charge on any atom is -0.328 e. The highest BCUT2D eigenvalue weighted by Gasteiger charge is 2.90. The van der Waals surface area contributed by atoms with Crippen LogP contribution in [0.2, 0.25) is 0 Å². The molecule has 208 valence electrons. The molecule has 0 aliphatic rings. The summed E-state index contributed by atoms with van der Waals surface area (Å²) in [6.07, 6.45) is -8.46. The Kier molecular flexibility index (Phi) is 11.6. The maximum Gasteiger partial charge on any atom is 0.428 e. The van der Waals surface area contributed by atoms with E-state index in [-0.39, 0.29) is 32.1 Å². The Bertz CT molecular complexity index is 634. The van der Waals surface area contributed by atoms with Crippen LogP contribution in [0, 0.1) is 0 Å². The molecule has 0 saturated heterocycles. The maximum atomic E-state index is 14.5. The van der Waals surface area contributed by atoms with E-state index in [2.05, 4.69) is 4.18 Å². The van der Waals surface area contributed by atoms with Gasteiger partial charge in [-0.05, 0) is 39.2 Å². The number of rotatable bonds is 12. The quantitative estimate of drug-likeness (QED) is 0.155. The van der Waals surface area contributed by atoms with Crippen molar-refractivity contribution in [1.29, 1.82) is 0 Å². The first kappa shape index (κ1) is 35.5. The second-order valence-corrected chi connectivity index (χ2v) is 8.06. The third kappa shape index (κ3) is 5.81. The van der Waals surface area contributed by atoms with Gasteiger partial charge in [0.15, 0.2) is 5.67 Å². The molecule has 0 bridgehead atoms. The van der Waals surface area contributed by atoms with Gasteiger partial charge in [0.25, 0.3) is 5.67 Å². The van der Waals surface area contributed by atoms with Crippen molar-refractivity contribution in [2.24, 2.45) is 5.73 Å². The Morgan fingerprint density at radius 2 is 1.00 bits per heavy atom. The molecule has 0 saturated carbocycles. The third-order valence-corrected chi connectivity index (χ3v) is 5.39. The average molecular weight is 557 g/mol. The Morgan fingerprint density at radius 3 is 1.35 bits per heavy atom. The van der Waals surface area contributed by atoms with Crippen molar-refractivity contribution in [1.82, 2.24) is 0 Å². The van der Waals surface area contributed by atoms with Gasteiger partial charge in [0.1, 0.15) is 0 Å². The Morgan fingerprint density at radius 1 is 0.618 bits per heavy atom. The van der Waals surface area contributed by atoms with Gasteiger partial charge in [0, 0.05) is 12.3 Å². The van der Waals surface area contributed by atoms with Crippen LogP contribution in [0.4, 0.5) is 61.5 Å². The zero-order chi connectivity index (χ0) is 28.2. The molecular weight excluding hydrogens is 532 g/mol. The van der Waals surface area contributed by atoms with Gasteiger partial charge < -0.3 is 9.92 Å². The Labute approximate surface area is 191 Å². The fraction of sp³-hybridized carbons (Fsp3) is 1.00. The fourth-order valence-electron chi connectivity index (χ4n) is 2.21. The lowest BCUT2D eigenvalue weighted by atomic mass is 9.76. The second-order valence-electron chi connectivity index (χ2n) is 7.18. The average Bonchev–Trinajstić information content (AvgIpc) is 2.67. The largest absolute Gasteiger partial charge is 0.428 e. The highest BCUT2D eigenvalue weighted by molar-refractivity contribution is 7.94. The lowest BCUT2D eigenvalue weighted by Gasteiger charge is -2.47. The van der Waals surface area contributed by atoms with Crippen LogP contribution in [0.3, 0.4) is 0 Å². The predicted molar refractivity (Wildman–Crippen MR) is 97.8 cm³/mol. The molecular formula is C17H25F14NOS. The second kappa shape index (κ2) is 11.1. The molecule has 0 rings (SSSR count). The first-order valence-electron chi connectivity index (χ1n) is 9.40. The molecule has 0 fully saturated rings. The van der Waals surface area contributed by atoms with Crippen molar-refractivity contribution < 1.29 is 65.6 Å². The van der Waals surface area contributed by atoms with E-state index in [1.165, 1.54) is 0 Å². The zero-order valence-electron chi connectivity index (χ0n) is 18.5. The summed E-state index contributed by atoms with van der Waals surface area (Å²) in [4.78, 5) is 0. The first-order valence-corrected chi connectivity index (χ1v) is 10.3. The summed E-state index contributed by atoms with van der Waals surface area (Å²) in [7, 11) is 0. The van der Waals surface area contributed by atoms with Crippen molar-refractivity contribution >= 4 is 12.0 Å². The van der Waals surface area contributed by atoms with Crippen LogP contribution in [-0.2, 0) is 4.18 Å². The minimum absolute atomic E-state index is 0.0838. The van der Waals surface area contributed by atoms with E-state index < -0.39 is 72.9 Å². The number of nitrogens with two attached hydrogens (primary N) is 1. The van der Waals surface area contributed by atoms with Gasteiger partial charge >= 0.3 is 29.9 Å². The van der Waals surface area contributed by atoms with Crippen LogP contribution in [0.15, 0.2) is 0 Å². The molecule has 3 atom stereocenters. The number of alkyl halides is 14. The molecule has 3 unspecified atom stereocenters. The summed E-state index contributed by atoms with van der Waals surface area (Å²) in [6.45, 7) is 1.14. The van der Waals surface area contributed by atoms with Crippen molar-refractivity contribution in [3.8, 4) is 0 Å². The minimum atomic E-state index is -7.69. The topological polar surface area (TPSA) is 35.2 Å². The molecule has 0 aromatic heterocycles. The van der Waals surface area contributed by atoms with Gasteiger partial charge in [-0.3, -0.25) is 0 Å². The smallest absolute Gasteiger partial charge is 0.328 e. The standard InChI is InChI=1S/C15H19F14NOS.C2H6/c1-8(16,4-7-32-31-6-5-30)11(19,20)9(2,17)12(21,22)14(25,26)13(23,24)10(3,18)15(27,28)29;1-2/h4-7,30H2,1-3H3;1-2H3. The summed E-state index contributed by atoms with van der Waals surface area (Å²) in [5, 5.41) is 0. The first-order chi connectivity index (χ1) is 14.8. The summed E-state index contributed by atoms with van der Waals surface area (Å²) in [5.74, 6) is -29.6. The van der Waals surface area contributed by atoms with E-state index in [1.807, 2.05) is 13.8 Å². The third-order valence-electron chi connectivity index (χ3n) is 4.68. The molecule has 0 radical (unpaired) electrons. The van der Waals surface area contributed by atoms with Crippen molar-refractivity contribution in [2.75, 3.05) is 18.9 Å². The number of hydrogen-bond acceptors (Lipinski definition) is 3. The summed E-state index contributed by atoms with van der Waals surface area (Å²) >= 11 is 0.249. The summed E-state index contributed by atoms with van der Waals surface area (Å²) in [5.41, 5.74) is -12.0. The van der Waals surface area contributed by atoms with Crippen molar-refractivity contribution in [3.63, 3.8) is 0 Å². The lowest BCUT2D eigenvalue weighted by Crippen LogP contribution is -2.75. The van der Waals surface area contributed by atoms with Gasteiger partial charge in [0.05, 0.1) is 6.61 Å². The van der Waals surface area contributed by atoms with E-state index in [9.17, 15) is 61.5 Å². The maximum absolute atomic E-state index is 14.5. The van der Waals surface area contributed by atoms with Crippen molar-refractivity contribution in [2.45, 2.75) is 87.9 Å². The van der Waals surface area contributed by atoms with Crippen LogP contribution < -0.4 is 5.73 Å². The van der Waals surface area contributed by atoms with Crippen LogP contribution in [0.1, 0.15) is 41.0 Å². The Hall–Kier alpha value is -0.710. The fourth-order valence-corrected chi connectivity index (χ4v) is 3.01. The van der Waals surface area contributed by atoms with Gasteiger partial charge in [-0.25, -0.2) is 13.2 Å². The summed E-state index contributed by atoms with van der Waals surface area (Å²) in [6, 6.07) is 0. The van der Waals surface area contributed by atoms with Crippen LogP contribution in [0.25, 0.3) is 0 Å². The van der Waals surface area contributed by atoms with Gasteiger partial charge in [0.2, 0.25) is 5.67 Å². The van der Waals surface area contributed by atoms with Gasteiger partial charge in [-0.15, -0.1) is 0 Å². The number of halogens is 14. The normalized spacial score (nSPS) is 19.4. The lowest BCUT2D eigenvalue weighted by molar-refractivity contribution is -0.416. The van der Waals surface area contributed by atoms with Crippen LogP contribution in [-0.4, -0.2) is 65.8 Å². The van der Waals surface area contributed by atoms with Crippen molar-refractivity contribution in [3.05, 3.63) is 0 Å². The van der Waals surface area contributed by atoms with E-state index in [0.717, 1.165) is 0 Å². The molecule has 2 nitrogen and oxygen atoms in total. The highest BCUT2D eigenvalue weighted by Crippen LogP contribution is 2.63. The van der Waals surface area contributed by atoms with E-state index in [0.29, 0.717) is 0 Å². The molecule has 0 aromatic carbocycles. The highest BCUT2D eigenvalue weighted by atomic mass is 32.2. The SMILES string of the molecule is CC.CC(F)(CCSOCCN)C(F)(F)C(C)(F)C(F)(F)C(F)(F)C(F)(F)C(C)(F)C(F)(F)F. The van der Waals surface area contributed by atoms with Gasteiger partial charge in [-0.2, -0.15) is 48.3 Å². The molecule has 17 heteroatoms. The van der Waals surface area contributed by atoms with E-state index in [1.54, 1.807) is 0 Å². The molecule has 0 spiro atoms. The molecule has 0 heterocycles. The molecule has 0 aromatic rings. The zero-order valence-corrected chi connectivity index (χ0v) is 19.3. The van der Waals surface area contributed by atoms with E-state index in [4.69, 9.17) is 5.73 Å². The predicted octanol–water partition coefficient (Wildman–Crippen LogP) is 7.31.